The van der Waals surface area contributed by atoms with Gasteiger partial charge in [0.15, 0.2) is 0 Å². The van der Waals surface area contributed by atoms with E-state index in [1.807, 2.05) is 12.1 Å². The Balaban J connectivity index is 2.80. The molecular weight excluding hydrogens is 222 g/mol. The minimum Gasteiger partial charge on any atom is -0.384 e. The van der Waals surface area contributed by atoms with Crippen LogP contribution in [0.15, 0.2) is 24.3 Å². The van der Waals surface area contributed by atoms with Gasteiger partial charge in [0.05, 0.1) is 0 Å². The molecule has 1 N–H and O–H groups in total. The van der Waals surface area contributed by atoms with E-state index < -0.39 is 0 Å². The summed E-state index contributed by atoms with van der Waals surface area (Å²) in [6, 6.07) is 8.19. The summed E-state index contributed by atoms with van der Waals surface area (Å²) in [6.45, 7) is 7.52. The monoisotopic (exact) mass is 245 g/mol. The van der Waals surface area contributed by atoms with E-state index in [2.05, 4.69) is 42.7 Å². The molecular formula is C16H23NO. The van der Waals surface area contributed by atoms with Crippen LogP contribution in [0.5, 0.6) is 0 Å². The quantitative estimate of drug-likeness (QED) is 0.779. The minimum absolute atomic E-state index is 0.0814. The van der Waals surface area contributed by atoms with Crippen molar-refractivity contribution >= 4 is 0 Å². The molecule has 2 heteroatoms. The Hall–Kier alpha value is -1.30. The van der Waals surface area contributed by atoms with Crippen LogP contribution in [0.3, 0.4) is 0 Å². The molecule has 0 unspecified atom stereocenters. The van der Waals surface area contributed by atoms with E-state index in [1.54, 1.807) is 0 Å². The Morgan fingerprint density at radius 3 is 2.39 bits per heavy atom. The van der Waals surface area contributed by atoms with Crippen molar-refractivity contribution in [3.05, 3.63) is 35.4 Å². The number of aliphatic hydroxyl groups excluding tert-OH is 1. The average Bonchev–Trinajstić information content (AvgIpc) is 2.38. The molecule has 18 heavy (non-hydrogen) atoms. The van der Waals surface area contributed by atoms with Crippen LogP contribution in [-0.4, -0.2) is 29.7 Å². The molecule has 1 rings (SSSR count). The van der Waals surface area contributed by atoms with E-state index in [9.17, 15) is 0 Å². The standard InChI is InChI=1S/C16H23NO/c1-3-11-17(12-4-2)14-16-9-6-5-8-15(16)10-7-13-18/h5-6,8-9,18H,3-4,11-14H2,1-2H3. The SMILES string of the molecule is CCCN(CCC)Cc1ccccc1C#CCO. The molecule has 0 atom stereocenters. The van der Waals surface area contributed by atoms with E-state index in [4.69, 9.17) is 5.11 Å². The summed E-state index contributed by atoms with van der Waals surface area (Å²) in [5.74, 6) is 5.76. The topological polar surface area (TPSA) is 23.5 Å². The molecule has 0 aliphatic heterocycles. The fourth-order valence-electron chi connectivity index (χ4n) is 2.06. The number of hydrogen-bond donors (Lipinski definition) is 1. The molecule has 0 aliphatic carbocycles. The number of nitrogens with zero attached hydrogens (tertiary/aromatic N) is 1. The lowest BCUT2D eigenvalue weighted by atomic mass is 10.1. The third-order valence-electron chi connectivity index (χ3n) is 2.79. The molecule has 0 bridgehead atoms. The lowest BCUT2D eigenvalue weighted by molar-refractivity contribution is 0.266. The van der Waals surface area contributed by atoms with Crippen LogP contribution < -0.4 is 0 Å². The van der Waals surface area contributed by atoms with Gasteiger partial charge in [-0.3, -0.25) is 4.90 Å². The molecule has 1 aromatic carbocycles. The van der Waals surface area contributed by atoms with Crippen LogP contribution >= 0.6 is 0 Å². The van der Waals surface area contributed by atoms with Gasteiger partial charge in [-0.2, -0.15) is 0 Å². The largest absolute Gasteiger partial charge is 0.384 e. The first-order valence-corrected chi connectivity index (χ1v) is 6.71. The van der Waals surface area contributed by atoms with Crippen molar-refractivity contribution in [2.24, 2.45) is 0 Å². The van der Waals surface area contributed by atoms with Crippen LogP contribution in [-0.2, 0) is 6.54 Å². The smallest absolute Gasteiger partial charge is 0.104 e. The van der Waals surface area contributed by atoms with Gasteiger partial charge in [0.1, 0.15) is 6.61 Å². The van der Waals surface area contributed by atoms with E-state index in [1.165, 1.54) is 18.4 Å². The Morgan fingerprint density at radius 1 is 1.11 bits per heavy atom. The van der Waals surface area contributed by atoms with E-state index in [0.717, 1.165) is 25.2 Å². The highest BCUT2D eigenvalue weighted by molar-refractivity contribution is 5.41. The maximum Gasteiger partial charge on any atom is 0.104 e. The zero-order valence-corrected chi connectivity index (χ0v) is 11.4. The summed E-state index contributed by atoms with van der Waals surface area (Å²) >= 11 is 0. The Morgan fingerprint density at radius 2 is 1.78 bits per heavy atom. The predicted molar refractivity (Wildman–Crippen MR) is 76.3 cm³/mol. The van der Waals surface area contributed by atoms with Crippen molar-refractivity contribution in [3.8, 4) is 11.8 Å². The first-order chi connectivity index (χ1) is 8.81. The zero-order chi connectivity index (χ0) is 13.2. The predicted octanol–water partition coefficient (Wildman–Crippen LogP) is 2.65. The molecule has 0 amide bonds. The maximum atomic E-state index is 8.78. The number of rotatable bonds is 6. The van der Waals surface area contributed by atoms with Crippen LogP contribution in [0.2, 0.25) is 0 Å². The Labute approximate surface area is 111 Å². The van der Waals surface area contributed by atoms with Gasteiger partial charge in [-0.15, -0.1) is 0 Å². The number of hydrogen-bond acceptors (Lipinski definition) is 2. The highest BCUT2D eigenvalue weighted by Gasteiger charge is 2.06. The van der Waals surface area contributed by atoms with Gasteiger partial charge in [-0.1, -0.05) is 43.9 Å². The average molecular weight is 245 g/mol. The summed E-state index contributed by atoms with van der Waals surface area (Å²) in [5.41, 5.74) is 2.28. The molecule has 98 valence electrons. The summed E-state index contributed by atoms with van der Waals surface area (Å²) in [5, 5.41) is 8.78. The van der Waals surface area contributed by atoms with Gasteiger partial charge >= 0.3 is 0 Å². The van der Waals surface area contributed by atoms with Crippen molar-refractivity contribution in [1.82, 2.24) is 4.90 Å². The normalized spacial score (nSPS) is 10.2. The summed E-state index contributed by atoms with van der Waals surface area (Å²) in [7, 11) is 0. The second-order valence-electron chi connectivity index (χ2n) is 4.39. The zero-order valence-electron chi connectivity index (χ0n) is 11.4. The van der Waals surface area contributed by atoms with E-state index >= 15 is 0 Å². The highest BCUT2D eigenvalue weighted by Crippen LogP contribution is 2.11. The number of benzene rings is 1. The van der Waals surface area contributed by atoms with Gasteiger partial charge in [0.2, 0.25) is 0 Å². The molecule has 0 fully saturated rings. The second-order valence-corrected chi connectivity index (χ2v) is 4.39. The summed E-state index contributed by atoms with van der Waals surface area (Å²) in [6.07, 6.45) is 2.34. The van der Waals surface area contributed by atoms with Crippen molar-refractivity contribution in [2.45, 2.75) is 33.2 Å². The summed E-state index contributed by atoms with van der Waals surface area (Å²) < 4.78 is 0. The lowest BCUT2D eigenvalue weighted by Crippen LogP contribution is -2.25. The third-order valence-corrected chi connectivity index (χ3v) is 2.79. The van der Waals surface area contributed by atoms with Crippen molar-refractivity contribution in [3.63, 3.8) is 0 Å². The molecule has 0 spiro atoms. The van der Waals surface area contributed by atoms with Gasteiger partial charge in [-0.05, 0) is 37.6 Å². The Bertz CT molecular complexity index is 397. The molecule has 1 aromatic rings. The van der Waals surface area contributed by atoms with Crippen molar-refractivity contribution in [2.75, 3.05) is 19.7 Å². The van der Waals surface area contributed by atoms with Crippen molar-refractivity contribution < 1.29 is 5.11 Å². The second kappa shape index (κ2) is 8.74. The highest BCUT2D eigenvalue weighted by atomic mass is 16.2. The first-order valence-electron chi connectivity index (χ1n) is 6.71. The van der Waals surface area contributed by atoms with Gasteiger partial charge in [0.25, 0.3) is 0 Å². The van der Waals surface area contributed by atoms with Gasteiger partial charge in [-0.25, -0.2) is 0 Å². The summed E-state index contributed by atoms with van der Waals surface area (Å²) in [4.78, 5) is 2.46. The number of aliphatic hydroxyl groups is 1. The fraction of sp³-hybridized carbons (Fsp3) is 0.500. The molecule has 0 radical (unpaired) electrons. The molecule has 0 saturated carbocycles. The molecule has 2 nitrogen and oxygen atoms in total. The third kappa shape index (κ3) is 4.91. The molecule has 0 aliphatic rings. The first kappa shape index (κ1) is 14.8. The Kier molecular flexibility index (Phi) is 7.17. The van der Waals surface area contributed by atoms with E-state index in [-0.39, 0.29) is 6.61 Å². The lowest BCUT2D eigenvalue weighted by Gasteiger charge is -2.21. The van der Waals surface area contributed by atoms with E-state index in [0.29, 0.717) is 0 Å². The molecule has 0 heterocycles. The minimum atomic E-state index is -0.0814. The van der Waals surface area contributed by atoms with Crippen LogP contribution in [0.25, 0.3) is 0 Å². The van der Waals surface area contributed by atoms with Crippen LogP contribution in [0.1, 0.15) is 37.8 Å². The van der Waals surface area contributed by atoms with Gasteiger partial charge < -0.3 is 5.11 Å². The van der Waals surface area contributed by atoms with Crippen molar-refractivity contribution in [1.29, 1.82) is 0 Å². The maximum absolute atomic E-state index is 8.78. The molecule has 0 saturated heterocycles. The van der Waals surface area contributed by atoms with Gasteiger partial charge in [0, 0.05) is 12.1 Å². The van der Waals surface area contributed by atoms with Crippen LogP contribution in [0.4, 0.5) is 0 Å². The fourth-order valence-corrected chi connectivity index (χ4v) is 2.06. The molecule has 0 aromatic heterocycles. The van der Waals surface area contributed by atoms with Crippen LogP contribution in [0, 0.1) is 11.8 Å².